The SMILES string of the molecule is C=C(C)CC(CC(=C)C)(C(C)=O)C(=O)OCC.CCOC(=O)C1(C(C)=O)CC(C)=C(C)C1. The fourth-order valence-electron chi connectivity index (χ4n) is 3.97. The first-order valence-electron chi connectivity index (χ1n) is 11.0. The van der Waals surface area contributed by atoms with Gasteiger partial charge in [-0.25, -0.2) is 0 Å². The lowest BCUT2D eigenvalue weighted by Crippen LogP contribution is -2.40. The molecular formula is C26H40O6. The van der Waals surface area contributed by atoms with Crippen molar-refractivity contribution in [1.82, 2.24) is 0 Å². The number of hydrogen-bond acceptors (Lipinski definition) is 6. The van der Waals surface area contributed by atoms with Gasteiger partial charge in [-0.05, 0) is 81.1 Å². The van der Waals surface area contributed by atoms with Crippen LogP contribution in [0.1, 0.15) is 81.1 Å². The van der Waals surface area contributed by atoms with Crippen LogP contribution in [-0.4, -0.2) is 36.7 Å². The second-order valence-corrected chi connectivity index (χ2v) is 8.90. The molecule has 0 aromatic rings. The van der Waals surface area contributed by atoms with Gasteiger partial charge in [-0.1, -0.05) is 22.3 Å². The lowest BCUT2D eigenvalue weighted by molar-refractivity contribution is -0.160. The minimum Gasteiger partial charge on any atom is -0.465 e. The zero-order chi connectivity index (χ0) is 25.3. The molecule has 1 aliphatic rings. The van der Waals surface area contributed by atoms with Gasteiger partial charge >= 0.3 is 11.9 Å². The van der Waals surface area contributed by atoms with Gasteiger partial charge in [0, 0.05) is 0 Å². The van der Waals surface area contributed by atoms with Crippen molar-refractivity contribution in [3.05, 3.63) is 35.5 Å². The molecule has 0 radical (unpaired) electrons. The van der Waals surface area contributed by atoms with Crippen molar-refractivity contribution in [1.29, 1.82) is 0 Å². The summed E-state index contributed by atoms with van der Waals surface area (Å²) in [6.45, 7) is 22.1. The Morgan fingerprint density at radius 2 is 1.25 bits per heavy atom. The second-order valence-electron chi connectivity index (χ2n) is 8.90. The van der Waals surface area contributed by atoms with Crippen LogP contribution in [0.4, 0.5) is 0 Å². The summed E-state index contributed by atoms with van der Waals surface area (Å²) in [6, 6.07) is 0. The number of carbonyl (C=O) groups excluding carboxylic acids is 4. The van der Waals surface area contributed by atoms with Crippen LogP contribution in [0.5, 0.6) is 0 Å². The molecule has 0 saturated carbocycles. The number of hydrogen-bond donors (Lipinski definition) is 0. The van der Waals surface area contributed by atoms with Crippen LogP contribution in [0, 0.1) is 10.8 Å². The standard InChI is InChI=1S/C14H22O3.C12H18O3/c1-7-17-13(16)14(12(6)15,8-10(2)3)9-11(4)5;1-5-15-11(14)12(10(4)13)6-8(2)9(3)7-12/h2,4,7-9H2,1,3,5-6H3;5-7H2,1-4H3. The maximum atomic E-state index is 12.1. The predicted molar refractivity (Wildman–Crippen MR) is 126 cm³/mol. The van der Waals surface area contributed by atoms with Gasteiger partial charge in [-0.3, -0.25) is 19.2 Å². The van der Waals surface area contributed by atoms with Crippen molar-refractivity contribution in [3.8, 4) is 0 Å². The van der Waals surface area contributed by atoms with Crippen LogP contribution in [0.3, 0.4) is 0 Å². The van der Waals surface area contributed by atoms with E-state index in [1.54, 1.807) is 27.7 Å². The zero-order valence-corrected chi connectivity index (χ0v) is 21.1. The third-order valence-corrected chi connectivity index (χ3v) is 5.75. The number of esters is 2. The Morgan fingerprint density at radius 1 is 0.844 bits per heavy atom. The van der Waals surface area contributed by atoms with Crippen molar-refractivity contribution in [2.45, 2.75) is 81.1 Å². The first-order chi connectivity index (χ1) is 14.7. The van der Waals surface area contributed by atoms with Gasteiger partial charge in [-0.15, -0.1) is 13.2 Å². The number of rotatable bonds is 10. The Hall–Kier alpha value is -2.50. The van der Waals surface area contributed by atoms with E-state index in [1.807, 2.05) is 13.8 Å². The van der Waals surface area contributed by atoms with Crippen molar-refractivity contribution in [2.24, 2.45) is 10.8 Å². The highest BCUT2D eigenvalue weighted by atomic mass is 16.5. The number of ketones is 2. The molecule has 0 aliphatic heterocycles. The van der Waals surface area contributed by atoms with Crippen molar-refractivity contribution in [2.75, 3.05) is 13.2 Å². The fourth-order valence-corrected chi connectivity index (χ4v) is 3.97. The minimum absolute atomic E-state index is 0.0860. The number of carbonyl (C=O) groups is 4. The topological polar surface area (TPSA) is 86.7 Å². The first-order valence-corrected chi connectivity index (χ1v) is 11.0. The fraction of sp³-hybridized carbons (Fsp3) is 0.615. The molecule has 0 fully saturated rings. The molecule has 6 heteroatoms. The molecule has 1 aliphatic carbocycles. The smallest absolute Gasteiger partial charge is 0.320 e. The second kappa shape index (κ2) is 12.5. The molecule has 0 aromatic heterocycles. The summed E-state index contributed by atoms with van der Waals surface area (Å²) in [5.74, 6) is -1.12. The highest BCUT2D eigenvalue weighted by Crippen LogP contribution is 2.43. The highest BCUT2D eigenvalue weighted by molar-refractivity contribution is 6.04. The summed E-state index contributed by atoms with van der Waals surface area (Å²) in [5, 5.41) is 0. The van der Waals surface area contributed by atoms with Crippen molar-refractivity contribution < 1.29 is 28.7 Å². The van der Waals surface area contributed by atoms with E-state index >= 15 is 0 Å². The predicted octanol–water partition coefficient (Wildman–Crippen LogP) is 5.31. The van der Waals surface area contributed by atoms with Crippen LogP contribution in [0.2, 0.25) is 0 Å². The molecule has 0 aromatic carbocycles. The van der Waals surface area contributed by atoms with E-state index in [1.165, 1.54) is 13.8 Å². The molecule has 1 rings (SSSR count). The van der Waals surface area contributed by atoms with Gasteiger partial charge in [-0.2, -0.15) is 0 Å². The van der Waals surface area contributed by atoms with E-state index in [-0.39, 0.29) is 24.1 Å². The molecule has 32 heavy (non-hydrogen) atoms. The Labute approximate surface area is 193 Å². The van der Waals surface area contributed by atoms with E-state index in [0.29, 0.717) is 32.3 Å². The van der Waals surface area contributed by atoms with Gasteiger partial charge in [0.1, 0.15) is 22.4 Å². The number of Topliss-reactive ketones (excluding diaryl/α,β-unsaturated/α-hetero) is 2. The number of allylic oxidation sites excluding steroid dienone is 4. The van der Waals surface area contributed by atoms with Gasteiger partial charge < -0.3 is 9.47 Å². The molecule has 0 N–H and O–H groups in total. The summed E-state index contributed by atoms with van der Waals surface area (Å²) in [6.07, 6.45) is 1.67. The molecule has 0 bridgehead atoms. The summed E-state index contributed by atoms with van der Waals surface area (Å²) in [4.78, 5) is 47.4. The normalized spacial score (nSPS) is 14.8. The van der Waals surface area contributed by atoms with Gasteiger partial charge in [0.25, 0.3) is 0 Å². The monoisotopic (exact) mass is 448 g/mol. The molecule has 0 heterocycles. The molecule has 0 spiro atoms. The first kappa shape index (κ1) is 29.5. The molecule has 0 saturated heterocycles. The van der Waals surface area contributed by atoms with Crippen LogP contribution >= 0.6 is 0 Å². The lowest BCUT2D eigenvalue weighted by atomic mass is 9.74. The van der Waals surface area contributed by atoms with Gasteiger partial charge in [0.2, 0.25) is 0 Å². The molecule has 180 valence electrons. The van der Waals surface area contributed by atoms with E-state index < -0.39 is 16.8 Å². The molecule has 6 nitrogen and oxygen atoms in total. The Bertz CT molecular complexity index is 769. The molecule has 0 atom stereocenters. The quantitative estimate of drug-likeness (QED) is 0.256. The van der Waals surface area contributed by atoms with Crippen LogP contribution in [-0.2, 0) is 28.7 Å². The molecule has 0 amide bonds. The summed E-state index contributed by atoms with van der Waals surface area (Å²) < 4.78 is 10.0. The van der Waals surface area contributed by atoms with Gasteiger partial charge in [0.15, 0.2) is 0 Å². The third-order valence-electron chi connectivity index (χ3n) is 5.75. The van der Waals surface area contributed by atoms with E-state index in [2.05, 4.69) is 13.2 Å². The average molecular weight is 449 g/mol. The van der Waals surface area contributed by atoms with Gasteiger partial charge in [0.05, 0.1) is 13.2 Å². The Balaban J connectivity index is 0.000000604. The largest absolute Gasteiger partial charge is 0.465 e. The maximum Gasteiger partial charge on any atom is 0.320 e. The van der Waals surface area contributed by atoms with Crippen molar-refractivity contribution >= 4 is 23.5 Å². The Morgan fingerprint density at radius 3 is 1.53 bits per heavy atom. The summed E-state index contributed by atoms with van der Waals surface area (Å²) in [7, 11) is 0. The van der Waals surface area contributed by atoms with Crippen LogP contribution in [0.25, 0.3) is 0 Å². The van der Waals surface area contributed by atoms with E-state index in [4.69, 9.17) is 9.47 Å². The highest BCUT2D eigenvalue weighted by Gasteiger charge is 2.48. The maximum absolute atomic E-state index is 12.1. The van der Waals surface area contributed by atoms with E-state index in [9.17, 15) is 19.2 Å². The van der Waals surface area contributed by atoms with Crippen LogP contribution < -0.4 is 0 Å². The van der Waals surface area contributed by atoms with E-state index in [0.717, 1.165) is 22.3 Å². The number of ether oxygens (including phenoxy) is 2. The zero-order valence-electron chi connectivity index (χ0n) is 21.1. The van der Waals surface area contributed by atoms with Crippen molar-refractivity contribution in [3.63, 3.8) is 0 Å². The summed E-state index contributed by atoms with van der Waals surface area (Å²) >= 11 is 0. The molecule has 0 unspecified atom stereocenters. The Kier molecular flexibility index (Phi) is 11.5. The minimum atomic E-state index is -1.15. The molecular weight excluding hydrogens is 408 g/mol. The lowest BCUT2D eigenvalue weighted by Gasteiger charge is -2.29. The van der Waals surface area contributed by atoms with Crippen LogP contribution in [0.15, 0.2) is 35.5 Å². The third kappa shape index (κ3) is 7.28. The summed E-state index contributed by atoms with van der Waals surface area (Å²) in [5.41, 5.74) is 1.78. The average Bonchev–Trinajstić information content (AvgIpc) is 2.97.